The lowest BCUT2D eigenvalue weighted by Gasteiger charge is -2.11. The summed E-state index contributed by atoms with van der Waals surface area (Å²) in [5.41, 5.74) is 1.06. The van der Waals surface area contributed by atoms with Crippen molar-refractivity contribution in [2.75, 3.05) is 4.72 Å². The van der Waals surface area contributed by atoms with Crippen molar-refractivity contribution in [1.82, 2.24) is 4.98 Å². The van der Waals surface area contributed by atoms with Gasteiger partial charge in [-0.25, -0.2) is 8.42 Å². The quantitative estimate of drug-likeness (QED) is 0.647. The van der Waals surface area contributed by atoms with Gasteiger partial charge < -0.3 is 0 Å². The fourth-order valence-electron chi connectivity index (χ4n) is 2.07. The molecule has 3 aromatic rings. The van der Waals surface area contributed by atoms with Gasteiger partial charge in [-0.05, 0) is 46.3 Å². The van der Waals surface area contributed by atoms with Crippen LogP contribution in [-0.2, 0) is 10.0 Å². The molecule has 2 aromatic carbocycles. The van der Waals surface area contributed by atoms with Gasteiger partial charge in [-0.15, -0.1) is 0 Å². The van der Waals surface area contributed by atoms with Crippen LogP contribution in [-0.4, -0.2) is 13.4 Å². The lowest BCUT2D eigenvalue weighted by Crippen LogP contribution is -2.14. The van der Waals surface area contributed by atoms with E-state index in [-0.39, 0.29) is 4.90 Å². The van der Waals surface area contributed by atoms with Gasteiger partial charge >= 0.3 is 0 Å². The third kappa shape index (κ3) is 3.02. The molecule has 0 saturated heterocycles. The highest BCUT2D eigenvalue weighted by Gasteiger charge is 2.19. The number of pyridine rings is 1. The fraction of sp³-hybridized carbons (Fsp3) is 0. The van der Waals surface area contributed by atoms with E-state index in [1.54, 1.807) is 36.5 Å². The van der Waals surface area contributed by atoms with Crippen molar-refractivity contribution >= 4 is 58.5 Å². The maximum absolute atomic E-state index is 12.6. The number of aromatic nitrogens is 1. The minimum Gasteiger partial charge on any atom is -0.277 e. The molecule has 4 nitrogen and oxygen atoms in total. The Morgan fingerprint density at radius 2 is 1.77 bits per heavy atom. The molecule has 0 spiro atoms. The maximum Gasteiger partial charge on any atom is 0.263 e. The summed E-state index contributed by atoms with van der Waals surface area (Å²) in [5, 5.41) is 0.871. The summed E-state index contributed by atoms with van der Waals surface area (Å²) >= 11 is 6.56. The molecule has 0 saturated carbocycles. The van der Waals surface area contributed by atoms with Gasteiger partial charge in [-0.1, -0.05) is 34.1 Å². The van der Waals surface area contributed by atoms with Gasteiger partial charge in [0.1, 0.15) is 4.90 Å². The molecule has 7 heteroatoms. The first-order valence-electron chi connectivity index (χ1n) is 6.29. The van der Waals surface area contributed by atoms with E-state index in [1.807, 2.05) is 18.2 Å². The van der Waals surface area contributed by atoms with Gasteiger partial charge in [-0.3, -0.25) is 9.71 Å². The normalized spacial score (nSPS) is 11.5. The van der Waals surface area contributed by atoms with Crippen molar-refractivity contribution in [3.63, 3.8) is 0 Å². The summed E-state index contributed by atoms with van der Waals surface area (Å²) in [4.78, 5) is 4.41. The minimum absolute atomic E-state index is 0.162. The van der Waals surface area contributed by atoms with Crippen LogP contribution in [0, 0.1) is 0 Å². The molecule has 0 aliphatic rings. The molecule has 112 valence electrons. The molecular weight excluding hydrogens is 432 g/mol. The van der Waals surface area contributed by atoms with Crippen molar-refractivity contribution in [1.29, 1.82) is 0 Å². The standard InChI is InChI=1S/C15H10Br2N2O2S/c16-11-6-7-12(17)14(9-11)22(20,21)19-13-5-1-3-10-4-2-8-18-15(10)13/h1-9,19H. The second kappa shape index (κ2) is 5.98. The van der Waals surface area contributed by atoms with E-state index in [4.69, 9.17) is 0 Å². The Morgan fingerprint density at radius 1 is 1.00 bits per heavy atom. The Kier molecular flexibility index (Phi) is 4.20. The summed E-state index contributed by atoms with van der Waals surface area (Å²) in [5.74, 6) is 0. The number of rotatable bonds is 3. The van der Waals surface area contributed by atoms with E-state index in [9.17, 15) is 8.42 Å². The topological polar surface area (TPSA) is 59.1 Å². The fourth-order valence-corrected chi connectivity index (χ4v) is 4.64. The number of anilines is 1. The van der Waals surface area contributed by atoms with Crippen LogP contribution in [0.25, 0.3) is 10.9 Å². The third-order valence-electron chi connectivity index (χ3n) is 3.06. The first-order chi connectivity index (χ1) is 10.5. The zero-order valence-corrected chi connectivity index (χ0v) is 15.1. The van der Waals surface area contributed by atoms with Crippen LogP contribution in [0.2, 0.25) is 0 Å². The molecule has 0 aliphatic heterocycles. The predicted octanol–water partition coefficient (Wildman–Crippen LogP) is 4.56. The summed E-state index contributed by atoms with van der Waals surface area (Å²) in [7, 11) is -3.72. The van der Waals surface area contributed by atoms with Crippen LogP contribution in [0.15, 0.2) is 68.6 Å². The first kappa shape index (κ1) is 15.5. The maximum atomic E-state index is 12.6. The van der Waals surface area contributed by atoms with Crippen LogP contribution in [0.3, 0.4) is 0 Å². The first-order valence-corrected chi connectivity index (χ1v) is 9.36. The number of hydrogen-bond donors (Lipinski definition) is 1. The van der Waals surface area contributed by atoms with E-state index in [2.05, 4.69) is 41.6 Å². The highest BCUT2D eigenvalue weighted by Crippen LogP contribution is 2.29. The van der Waals surface area contributed by atoms with Gasteiger partial charge in [0.2, 0.25) is 0 Å². The number of nitrogens with zero attached hydrogens (tertiary/aromatic N) is 1. The van der Waals surface area contributed by atoms with E-state index < -0.39 is 10.0 Å². The number of sulfonamides is 1. The molecule has 1 heterocycles. The second-order valence-corrected chi connectivity index (χ2v) is 7.98. The van der Waals surface area contributed by atoms with Crippen LogP contribution >= 0.6 is 31.9 Å². The molecule has 1 aromatic heterocycles. The number of hydrogen-bond acceptors (Lipinski definition) is 3. The number of nitrogens with one attached hydrogen (secondary N) is 1. The van der Waals surface area contributed by atoms with E-state index in [0.717, 1.165) is 5.39 Å². The molecule has 0 radical (unpaired) electrons. The average molecular weight is 442 g/mol. The highest BCUT2D eigenvalue weighted by atomic mass is 79.9. The number of halogens is 2. The van der Waals surface area contributed by atoms with Crippen LogP contribution in [0.4, 0.5) is 5.69 Å². The Bertz CT molecular complexity index is 953. The summed E-state index contributed by atoms with van der Waals surface area (Å²) < 4.78 is 29.0. The molecule has 0 bridgehead atoms. The van der Waals surface area contributed by atoms with Crippen molar-refractivity contribution in [2.45, 2.75) is 4.90 Å². The summed E-state index contributed by atoms with van der Waals surface area (Å²) in [6.07, 6.45) is 1.63. The van der Waals surface area contributed by atoms with E-state index in [1.165, 1.54) is 0 Å². The third-order valence-corrected chi connectivity index (χ3v) is 5.91. The van der Waals surface area contributed by atoms with Crippen molar-refractivity contribution in [3.05, 3.63) is 63.7 Å². The molecule has 0 aliphatic carbocycles. The van der Waals surface area contributed by atoms with Crippen molar-refractivity contribution in [2.24, 2.45) is 0 Å². The molecule has 0 unspecified atom stereocenters. The van der Waals surface area contributed by atoms with Crippen LogP contribution in [0.5, 0.6) is 0 Å². The van der Waals surface area contributed by atoms with E-state index in [0.29, 0.717) is 20.1 Å². The Labute approximate surface area is 144 Å². The average Bonchev–Trinajstić information content (AvgIpc) is 2.50. The van der Waals surface area contributed by atoms with Crippen LogP contribution in [0.1, 0.15) is 0 Å². The largest absolute Gasteiger partial charge is 0.277 e. The summed E-state index contributed by atoms with van der Waals surface area (Å²) in [6.45, 7) is 0. The van der Waals surface area contributed by atoms with Gasteiger partial charge in [0.15, 0.2) is 0 Å². The SMILES string of the molecule is O=S(=O)(Nc1cccc2cccnc12)c1cc(Br)ccc1Br. The second-order valence-electron chi connectivity index (χ2n) is 4.56. The molecule has 22 heavy (non-hydrogen) atoms. The number of para-hydroxylation sites is 1. The van der Waals surface area contributed by atoms with Gasteiger partial charge in [-0.2, -0.15) is 0 Å². The molecular formula is C15H10Br2N2O2S. The Hall–Kier alpha value is -1.44. The predicted molar refractivity (Wildman–Crippen MR) is 94.4 cm³/mol. The number of benzene rings is 2. The molecule has 3 rings (SSSR count). The van der Waals surface area contributed by atoms with Crippen molar-refractivity contribution in [3.8, 4) is 0 Å². The Balaban J connectivity index is 2.09. The molecule has 0 fully saturated rings. The zero-order valence-electron chi connectivity index (χ0n) is 11.1. The zero-order chi connectivity index (χ0) is 15.7. The van der Waals surface area contributed by atoms with Gasteiger partial charge in [0.05, 0.1) is 11.2 Å². The van der Waals surface area contributed by atoms with Crippen LogP contribution < -0.4 is 4.72 Å². The monoisotopic (exact) mass is 440 g/mol. The number of fused-ring (bicyclic) bond motifs is 1. The molecule has 0 atom stereocenters. The highest BCUT2D eigenvalue weighted by molar-refractivity contribution is 9.11. The lowest BCUT2D eigenvalue weighted by atomic mass is 10.2. The molecule has 0 amide bonds. The van der Waals surface area contributed by atoms with Crippen molar-refractivity contribution < 1.29 is 8.42 Å². The van der Waals surface area contributed by atoms with Gasteiger partial charge in [0.25, 0.3) is 10.0 Å². The minimum atomic E-state index is -3.72. The lowest BCUT2D eigenvalue weighted by molar-refractivity contribution is 0.600. The summed E-state index contributed by atoms with van der Waals surface area (Å²) in [6, 6.07) is 14.1. The van der Waals surface area contributed by atoms with Gasteiger partial charge in [0, 0.05) is 20.5 Å². The van der Waals surface area contributed by atoms with E-state index >= 15 is 0 Å². The molecule has 1 N–H and O–H groups in total. The Morgan fingerprint density at radius 3 is 2.59 bits per heavy atom. The smallest absolute Gasteiger partial charge is 0.263 e.